The van der Waals surface area contributed by atoms with E-state index in [1.807, 2.05) is 18.2 Å². The first kappa shape index (κ1) is 19.5. The van der Waals surface area contributed by atoms with Crippen molar-refractivity contribution in [3.8, 4) is 5.69 Å². The van der Waals surface area contributed by atoms with Crippen LogP contribution in [0.1, 0.15) is 48.3 Å². The number of ether oxygens (including phenoxy) is 1. The molecule has 0 unspecified atom stereocenters. The number of esters is 1. The SMILES string of the molecule is Cc1nn(-c2ccccc2)nc1C(=O)OCC(=O)NC(=O)NC1CCCCC1. The van der Waals surface area contributed by atoms with Gasteiger partial charge in [-0.15, -0.1) is 5.10 Å². The third-order valence-electron chi connectivity index (χ3n) is 4.49. The maximum absolute atomic E-state index is 12.2. The molecule has 3 rings (SSSR count). The monoisotopic (exact) mass is 385 g/mol. The van der Waals surface area contributed by atoms with Crippen molar-refractivity contribution < 1.29 is 19.1 Å². The molecule has 1 aromatic heterocycles. The van der Waals surface area contributed by atoms with Gasteiger partial charge < -0.3 is 10.1 Å². The van der Waals surface area contributed by atoms with Gasteiger partial charge in [0.2, 0.25) is 0 Å². The van der Waals surface area contributed by atoms with E-state index >= 15 is 0 Å². The zero-order valence-corrected chi connectivity index (χ0v) is 15.7. The Morgan fingerprint density at radius 2 is 1.82 bits per heavy atom. The summed E-state index contributed by atoms with van der Waals surface area (Å²) in [6.45, 7) is 1.05. The van der Waals surface area contributed by atoms with Gasteiger partial charge in [-0.05, 0) is 31.9 Å². The zero-order chi connectivity index (χ0) is 19.9. The average Bonchev–Trinajstić information content (AvgIpc) is 3.09. The van der Waals surface area contributed by atoms with E-state index in [1.54, 1.807) is 19.1 Å². The number of benzene rings is 1. The Hall–Kier alpha value is -3.23. The molecule has 1 heterocycles. The second kappa shape index (κ2) is 9.12. The third kappa shape index (κ3) is 5.15. The summed E-state index contributed by atoms with van der Waals surface area (Å²) in [5.41, 5.74) is 1.09. The number of para-hydroxylation sites is 1. The quantitative estimate of drug-likeness (QED) is 0.760. The van der Waals surface area contributed by atoms with Crippen LogP contribution < -0.4 is 10.6 Å². The summed E-state index contributed by atoms with van der Waals surface area (Å²) in [6.07, 6.45) is 5.13. The highest BCUT2D eigenvalue weighted by atomic mass is 16.5. The molecule has 1 aliphatic carbocycles. The van der Waals surface area contributed by atoms with Crippen molar-refractivity contribution in [1.29, 1.82) is 0 Å². The van der Waals surface area contributed by atoms with Crippen LogP contribution in [0.4, 0.5) is 4.79 Å². The van der Waals surface area contributed by atoms with Gasteiger partial charge in [0.15, 0.2) is 12.3 Å². The molecule has 0 saturated heterocycles. The molecule has 9 heteroatoms. The fourth-order valence-corrected chi connectivity index (χ4v) is 3.07. The molecule has 1 aliphatic rings. The number of hydrogen-bond acceptors (Lipinski definition) is 6. The molecule has 1 saturated carbocycles. The van der Waals surface area contributed by atoms with E-state index in [0.29, 0.717) is 11.4 Å². The van der Waals surface area contributed by atoms with Crippen molar-refractivity contribution in [2.75, 3.05) is 6.61 Å². The lowest BCUT2D eigenvalue weighted by Gasteiger charge is -2.22. The molecular weight excluding hydrogens is 362 g/mol. The molecule has 0 aliphatic heterocycles. The van der Waals surface area contributed by atoms with Crippen LogP contribution in [0.5, 0.6) is 0 Å². The molecule has 3 amide bonds. The van der Waals surface area contributed by atoms with Crippen molar-refractivity contribution in [2.45, 2.75) is 45.1 Å². The molecule has 9 nitrogen and oxygen atoms in total. The smallest absolute Gasteiger partial charge is 0.361 e. The average molecular weight is 385 g/mol. The number of nitrogens with one attached hydrogen (secondary N) is 2. The first-order valence-corrected chi connectivity index (χ1v) is 9.30. The highest BCUT2D eigenvalue weighted by molar-refractivity contribution is 5.96. The Labute approximate surface area is 162 Å². The summed E-state index contributed by atoms with van der Waals surface area (Å²) < 4.78 is 4.96. The predicted molar refractivity (Wildman–Crippen MR) is 99.9 cm³/mol. The minimum Gasteiger partial charge on any atom is -0.451 e. The summed E-state index contributed by atoms with van der Waals surface area (Å²) in [7, 11) is 0. The summed E-state index contributed by atoms with van der Waals surface area (Å²) in [6, 6.07) is 8.63. The van der Waals surface area contributed by atoms with E-state index < -0.39 is 24.5 Å². The first-order valence-electron chi connectivity index (χ1n) is 9.30. The van der Waals surface area contributed by atoms with Gasteiger partial charge in [-0.25, -0.2) is 9.59 Å². The van der Waals surface area contributed by atoms with Crippen LogP contribution in [-0.4, -0.2) is 45.6 Å². The summed E-state index contributed by atoms with van der Waals surface area (Å²) >= 11 is 0. The molecular formula is C19H23N5O4. The highest BCUT2D eigenvalue weighted by Gasteiger charge is 2.20. The maximum Gasteiger partial charge on any atom is 0.361 e. The normalized spacial score (nSPS) is 14.3. The number of urea groups is 1. The van der Waals surface area contributed by atoms with Crippen LogP contribution in [0.3, 0.4) is 0 Å². The van der Waals surface area contributed by atoms with Gasteiger partial charge in [0, 0.05) is 6.04 Å². The van der Waals surface area contributed by atoms with E-state index in [0.717, 1.165) is 25.7 Å². The third-order valence-corrected chi connectivity index (χ3v) is 4.49. The molecule has 0 radical (unpaired) electrons. The number of hydrogen-bond donors (Lipinski definition) is 2. The van der Waals surface area contributed by atoms with Crippen molar-refractivity contribution in [1.82, 2.24) is 25.6 Å². The van der Waals surface area contributed by atoms with Crippen LogP contribution in [0.15, 0.2) is 30.3 Å². The fraction of sp³-hybridized carbons (Fsp3) is 0.421. The number of carbonyl (C=O) groups excluding carboxylic acids is 3. The Bertz CT molecular complexity index is 843. The molecule has 28 heavy (non-hydrogen) atoms. The Balaban J connectivity index is 1.49. The molecule has 2 aromatic rings. The standard InChI is InChI=1S/C19H23N5O4/c1-13-17(23-24(22-13)15-10-6-3-7-11-15)18(26)28-12-16(25)21-19(27)20-14-8-4-2-5-9-14/h3,6-7,10-11,14H,2,4-5,8-9,12H2,1H3,(H2,20,21,25,27). The molecule has 0 spiro atoms. The molecule has 148 valence electrons. The van der Waals surface area contributed by atoms with Gasteiger partial charge in [-0.1, -0.05) is 37.5 Å². The number of imide groups is 1. The second-order valence-corrected chi connectivity index (χ2v) is 6.69. The number of aryl methyl sites for hydroxylation is 1. The molecule has 1 fully saturated rings. The Kier molecular flexibility index (Phi) is 6.36. The van der Waals surface area contributed by atoms with Crippen LogP contribution >= 0.6 is 0 Å². The molecule has 0 atom stereocenters. The summed E-state index contributed by atoms with van der Waals surface area (Å²) in [4.78, 5) is 37.2. The number of nitrogens with zero attached hydrogens (tertiary/aromatic N) is 3. The topological polar surface area (TPSA) is 115 Å². The molecule has 2 N–H and O–H groups in total. The fourth-order valence-electron chi connectivity index (χ4n) is 3.07. The van der Waals surface area contributed by atoms with E-state index in [4.69, 9.17) is 4.74 Å². The summed E-state index contributed by atoms with van der Waals surface area (Å²) in [5.74, 6) is -1.47. The number of carbonyl (C=O) groups is 3. The van der Waals surface area contributed by atoms with Gasteiger partial charge in [0.05, 0.1) is 11.4 Å². The van der Waals surface area contributed by atoms with Gasteiger partial charge >= 0.3 is 12.0 Å². The van der Waals surface area contributed by atoms with Crippen LogP contribution in [0.25, 0.3) is 5.69 Å². The first-order chi connectivity index (χ1) is 13.5. The number of amides is 3. The number of aromatic nitrogens is 3. The van der Waals surface area contributed by atoms with E-state index in [9.17, 15) is 14.4 Å². The number of rotatable bonds is 5. The van der Waals surface area contributed by atoms with Crippen LogP contribution in [-0.2, 0) is 9.53 Å². The van der Waals surface area contributed by atoms with Gasteiger partial charge in [0.1, 0.15) is 0 Å². The van der Waals surface area contributed by atoms with Gasteiger partial charge in [-0.3, -0.25) is 10.1 Å². The highest BCUT2D eigenvalue weighted by Crippen LogP contribution is 2.17. The molecule has 1 aromatic carbocycles. The summed E-state index contributed by atoms with van der Waals surface area (Å²) in [5, 5.41) is 13.2. The largest absolute Gasteiger partial charge is 0.451 e. The van der Waals surface area contributed by atoms with E-state index in [-0.39, 0.29) is 11.7 Å². The lowest BCUT2D eigenvalue weighted by molar-refractivity contribution is -0.123. The van der Waals surface area contributed by atoms with E-state index in [2.05, 4.69) is 20.8 Å². The lowest BCUT2D eigenvalue weighted by atomic mass is 9.96. The van der Waals surface area contributed by atoms with Crippen molar-refractivity contribution in [3.05, 3.63) is 41.7 Å². The minimum absolute atomic E-state index is 0.0170. The van der Waals surface area contributed by atoms with Crippen molar-refractivity contribution >= 4 is 17.9 Å². The lowest BCUT2D eigenvalue weighted by Crippen LogP contribution is -2.46. The predicted octanol–water partition coefficient (Wildman–Crippen LogP) is 1.89. The van der Waals surface area contributed by atoms with Gasteiger partial charge in [0.25, 0.3) is 5.91 Å². The minimum atomic E-state index is -0.775. The van der Waals surface area contributed by atoms with Crippen molar-refractivity contribution in [2.24, 2.45) is 0 Å². The van der Waals surface area contributed by atoms with E-state index in [1.165, 1.54) is 11.2 Å². The van der Waals surface area contributed by atoms with Crippen LogP contribution in [0.2, 0.25) is 0 Å². The van der Waals surface area contributed by atoms with Crippen molar-refractivity contribution in [3.63, 3.8) is 0 Å². The van der Waals surface area contributed by atoms with Crippen LogP contribution in [0, 0.1) is 6.92 Å². The molecule has 0 bridgehead atoms. The maximum atomic E-state index is 12.2. The zero-order valence-electron chi connectivity index (χ0n) is 15.7. The second-order valence-electron chi connectivity index (χ2n) is 6.69. The Morgan fingerprint density at radius 1 is 1.11 bits per heavy atom. The Morgan fingerprint density at radius 3 is 2.54 bits per heavy atom. The van der Waals surface area contributed by atoms with Gasteiger partial charge in [-0.2, -0.15) is 9.90 Å².